The second-order valence-electron chi connectivity index (χ2n) is 3.94. The van der Waals surface area contributed by atoms with Gasteiger partial charge < -0.3 is 15.2 Å². The average molecular weight is 261 g/mol. The number of hydrogen-bond acceptors (Lipinski definition) is 4. The van der Waals surface area contributed by atoms with Crippen molar-refractivity contribution in [1.82, 2.24) is 5.32 Å². The van der Waals surface area contributed by atoms with Crippen LogP contribution in [0.3, 0.4) is 0 Å². The molecule has 2 atom stereocenters. The number of carbonyl (C=O) groups excluding carboxylic acids is 2. The van der Waals surface area contributed by atoms with Crippen LogP contribution in [0.5, 0.6) is 0 Å². The number of rotatable bonds is 4. The zero-order valence-corrected chi connectivity index (χ0v) is 10.7. The van der Waals surface area contributed by atoms with Gasteiger partial charge in [-0.25, -0.2) is 4.79 Å². The van der Waals surface area contributed by atoms with Crippen LogP contribution in [0.25, 0.3) is 0 Å². The number of methoxy groups -OCH3 is 1. The van der Waals surface area contributed by atoms with Crippen molar-refractivity contribution in [2.45, 2.75) is 19.1 Å². The van der Waals surface area contributed by atoms with Gasteiger partial charge in [0.1, 0.15) is 0 Å². The summed E-state index contributed by atoms with van der Waals surface area (Å²) in [5.41, 5.74) is 0.991. The number of benzene rings is 1. The Bertz CT molecular complexity index is 499. The summed E-state index contributed by atoms with van der Waals surface area (Å²) >= 11 is 0. The molecule has 0 aliphatic carbocycles. The second-order valence-corrected chi connectivity index (χ2v) is 3.94. The Morgan fingerprint density at radius 1 is 1.37 bits per heavy atom. The fraction of sp³-hybridized carbons (Fsp3) is 0.286. The van der Waals surface area contributed by atoms with Crippen LogP contribution >= 0.6 is 0 Å². The molecule has 1 amide bonds. The maximum absolute atomic E-state index is 11.9. The van der Waals surface area contributed by atoms with Crippen LogP contribution in [0.15, 0.2) is 24.3 Å². The molecule has 0 radical (unpaired) electrons. The van der Waals surface area contributed by atoms with Crippen molar-refractivity contribution >= 4 is 11.9 Å². The van der Waals surface area contributed by atoms with Gasteiger partial charge in [-0.05, 0) is 31.2 Å². The smallest absolute Gasteiger partial charge is 0.331 e. The van der Waals surface area contributed by atoms with Crippen LogP contribution in [-0.4, -0.2) is 36.2 Å². The van der Waals surface area contributed by atoms with E-state index in [1.807, 2.05) is 0 Å². The predicted molar refractivity (Wildman–Crippen MR) is 69.3 cm³/mol. The van der Waals surface area contributed by atoms with Crippen LogP contribution in [0.4, 0.5) is 0 Å². The number of amides is 1. The number of aliphatic hydroxyl groups is 1. The maximum atomic E-state index is 11.9. The van der Waals surface area contributed by atoms with E-state index in [1.165, 1.54) is 14.0 Å². The fourth-order valence-electron chi connectivity index (χ4n) is 1.45. The molecule has 0 spiro atoms. The molecule has 2 unspecified atom stereocenters. The molecule has 0 saturated heterocycles. The van der Waals surface area contributed by atoms with E-state index in [-0.39, 0.29) is 0 Å². The number of esters is 1. The van der Waals surface area contributed by atoms with Gasteiger partial charge in [0.2, 0.25) is 0 Å². The summed E-state index contributed by atoms with van der Waals surface area (Å²) in [6.45, 7) is 1.39. The number of terminal acetylenes is 1. The van der Waals surface area contributed by atoms with E-state index in [1.54, 1.807) is 24.3 Å². The molecule has 2 N–H and O–H groups in total. The molecule has 1 rings (SSSR count). The molecular formula is C14H15NO4. The lowest BCUT2D eigenvalue weighted by Gasteiger charge is -2.18. The molecule has 0 heterocycles. The third-order valence-electron chi connectivity index (χ3n) is 2.54. The van der Waals surface area contributed by atoms with Crippen molar-refractivity contribution in [3.63, 3.8) is 0 Å². The molecule has 0 aliphatic heterocycles. The van der Waals surface area contributed by atoms with E-state index < -0.39 is 24.0 Å². The first-order valence-electron chi connectivity index (χ1n) is 5.63. The Balaban J connectivity index is 2.82. The highest BCUT2D eigenvalue weighted by atomic mass is 16.5. The molecule has 0 aliphatic rings. The first kappa shape index (κ1) is 14.7. The third kappa shape index (κ3) is 3.83. The number of aliphatic hydroxyl groups excluding tert-OH is 1. The summed E-state index contributed by atoms with van der Waals surface area (Å²) in [5.74, 6) is 1.24. The maximum Gasteiger partial charge on any atom is 0.331 e. The molecule has 5 nitrogen and oxygen atoms in total. The van der Waals surface area contributed by atoms with Crippen molar-refractivity contribution < 1.29 is 19.4 Å². The quantitative estimate of drug-likeness (QED) is 0.604. The molecule has 1 aromatic carbocycles. The van der Waals surface area contributed by atoms with Gasteiger partial charge in [0.25, 0.3) is 5.91 Å². The number of nitrogens with one attached hydrogen (secondary N) is 1. The van der Waals surface area contributed by atoms with Crippen LogP contribution in [-0.2, 0) is 9.53 Å². The Kier molecular flexibility index (Phi) is 5.10. The van der Waals surface area contributed by atoms with Gasteiger partial charge in [0.15, 0.2) is 6.04 Å². The summed E-state index contributed by atoms with van der Waals surface area (Å²) in [5, 5.41) is 11.9. The van der Waals surface area contributed by atoms with Gasteiger partial charge >= 0.3 is 5.97 Å². The highest BCUT2D eigenvalue weighted by molar-refractivity contribution is 5.97. The van der Waals surface area contributed by atoms with Gasteiger partial charge in [0, 0.05) is 11.1 Å². The molecule has 0 aromatic heterocycles. The van der Waals surface area contributed by atoms with Crippen molar-refractivity contribution in [3.8, 4) is 12.3 Å². The molecule has 0 saturated carbocycles. The summed E-state index contributed by atoms with van der Waals surface area (Å²) in [6, 6.07) is 5.21. The van der Waals surface area contributed by atoms with E-state index in [4.69, 9.17) is 6.42 Å². The first-order chi connectivity index (χ1) is 8.99. The minimum Gasteiger partial charge on any atom is -0.467 e. The van der Waals surface area contributed by atoms with Crippen molar-refractivity contribution in [2.75, 3.05) is 7.11 Å². The average Bonchev–Trinajstić information content (AvgIpc) is 2.43. The second kappa shape index (κ2) is 6.57. The Morgan fingerprint density at radius 3 is 2.37 bits per heavy atom. The SMILES string of the molecule is C#Cc1ccc(C(=O)NC(C(=O)OC)C(C)O)cc1. The summed E-state index contributed by atoms with van der Waals surface area (Å²) in [6.07, 6.45) is 4.16. The van der Waals surface area contributed by atoms with Crippen molar-refractivity contribution in [2.24, 2.45) is 0 Å². The minimum absolute atomic E-state index is 0.341. The van der Waals surface area contributed by atoms with Gasteiger partial charge in [0.05, 0.1) is 13.2 Å². The first-order valence-corrected chi connectivity index (χ1v) is 5.63. The molecule has 100 valence electrons. The standard InChI is InChI=1S/C14H15NO4/c1-4-10-5-7-11(8-6-10)13(17)15-12(9(2)16)14(18)19-3/h1,5-9,12,16H,2-3H3,(H,15,17). The molecule has 1 aromatic rings. The molecule has 0 bridgehead atoms. The minimum atomic E-state index is -1.11. The predicted octanol–water partition coefficient (Wildman–Crippen LogP) is 0.320. The highest BCUT2D eigenvalue weighted by Crippen LogP contribution is 2.05. The third-order valence-corrected chi connectivity index (χ3v) is 2.54. The number of hydrogen-bond donors (Lipinski definition) is 2. The Morgan fingerprint density at radius 2 is 1.95 bits per heavy atom. The van der Waals surface area contributed by atoms with Gasteiger partial charge in [-0.2, -0.15) is 0 Å². The zero-order valence-electron chi connectivity index (χ0n) is 10.7. The summed E-state index contributed by atoms with van der Waals surface area (Å²) < 4.78 is 4.51. The Hall–Kier alpha value is -2.32. The highest BCUT2D eigenvalue weighted by Gasteiger charge is 2.26. The largest absolute Gasteiger partial charge is 0.467 e. The van der Waals surface area contributed by atoms with E-state index >= 15 is 0 Å². The van der Waals surface area contributed by atoms with Crippen LogP contribution in [0.2, 0.25) is 0 Å². The molecule has 0 fully saturated rings. The van der Waals surface area contributed by atoms with Gasteiger partial charge in [-0.15, -0.1) is 6.42 Å². The van der Waals surface area contributed by atoms with E-state index in [0.717, 1.165) is 0 Å². The number of ether oxygens (including phenoxy) is 1. The van der Waals surface area contributed by atoms with E-state index in [0.29, 0.717) is 11.1 Å². The monoisotopic (exact) mass is 261 g/mol. The summed E-state index contributed by atoms with van der Waals surface area (Å²) in [7, 11) is 1.19. The fourth-order valence-corrected chi connectivity index (χ4v) is 1.45. The molecule has 5 heteroatoms. The molecular weight excluding hydrogens is 246 g/mol. The molecule has 19 heavy (non-hydrogen) atoms. The zero-order chi connectivity index (χ0) is 14.4. The van der Waals surface area contributed by atoms with Crippen LogP contribution in [0.1, 0.15) is 22.8 Å². The van der Waals surface area contributed by atoms with Gasteiger partial charge in [-0.3, -0.25) is 4.79 Å². The van der Waals surface area contributed by atoms with E-state index in [2.05, 4.69) is 16.0 Å². The van der Waals surface area contributed by atoms with Crippen LogP contribution in [0, 0.1) is 12.3 Å². The summed E-state index contributed by atoms with van der Waals surface area (Å²) in [4.78, 5) is 23.3. The van der Waals surface area contributed by atoms with Crippen LogP contribution < -0.4 is 5.32 Å². The lowest BCUT2D eigenvalue weighted by Crippen LogP contribution is -2.48. The van der Waals surface area contributed by atoms with E-state index in [9.17, 15) is 14.7 Å². The number of carbonyl (C=O) groups is 2. The van der Waals surface area contributed by atoms with Crippen molar-refractivity contribution in [1.29, 1.82) is 0 Å². The lowest BCUT2D eigenvalue weighted by atomic mass is 10.1. The van der Waals surface area contributed by atoms with Crippen molar-refractivity contribution in [3.05, 3.63) is 35.4 Å². The topological polar surface area (TPSA) is 75.6 Å². The van der Waals surface area contributed by atoms with Gasteiger partial charge in [-0.1, -0.05) is 5.92 Å². The lowest BCUT2D eigenvalue weighted by molar-refractivity contribution is -0.145. The normalized spacial score (nSPS) is 12.9. The Labute approximate surface area is 111 Å².